The van der Waals surface area contributed by atoms with E-state index in [1.807, 2.05) is 0 Å². The Morgan fingerprint density at radius 2 is 1.92 bits per heavy atom. The van der Waals surface area contributed by atoms with Gasteiger partial charge in [0.2, 0.25) is 5.91 Å². The third-order valence-corrected chi connectivity index (χ3v) is 5.53. The molecule has 2 fully saturated rings. The van der Waals surface area contributed by atoms with Crippen LogP contribution in [0, 0.1) is 5.92 Å². The largest absolute Gasteiger partial charge is 0.391 e. The Morgan fingerprint density at radius 3 is 2.54 bits per heavy atom. The van der Waals surface area contributed by atoms with E-state index in [0.717, 1.165) is 19.6 Å². The maximum Gasteiger partial charge on any atom is 0.223 e. The van der Waals surface area contributed by atoms with Gasteiger partial charge in [-0.25, -0.2) is 0 Å². The number of carbonyl (C=O) groups is 1. The number of nitrogens with zero attached hydrogens (tertiary/aromatic N) is 1. The van der Waals surface area contributed by atoms with Crippen LogP contribution in [-0.2, 0) is 4.79 Å². The molecule has 132 valence electrons. The smallest absolute Gasteiger partial charge is 0.223 e. The molecule has 4 N–H and O–H groups in total. The second-order valence-corrected chi connectivity index (χ2v) is 7.22. The van der Waals surface area contributed by atoms with E-state index in [4.69, 9.17) is 5.73 Å². The summed E-state index contributed by atoms with van der Waals surface area (Å²) in [4.78, 5) is 14.5. The van der Waals surface area contributed by atoms with Crippen LogP contribution < -0.4 is 11.1 Å². The van der Waals surface area contributed by atoms with E-state index >= 15 is 0 Å². The summed E-state index contributed by atoms with van der Waals surface area (Å²) < 4.78 is 0. The first-order valence-corrected chi connectivity index (χ1v) is 9.12. The highest BCUT2D eigenvalue weighted by Crippen LogP contribution is 2.27. The van der Waals surface area contributed by atoms with E-state index in [9.17, 15) is 9.90 Å². The predicted octanol–water partition coefficient (Wildman–Crippen LogP) is 1.08. The van der Waals surface area contributed by atoms with Gasteiger partial charge in [0, 0.05) is 25.0 Å². The third-order valence-electron chi connectivity index (χ3n) is 5.53. The summed E-state index contributed by atoms with van der Waals surface area (Å²) in [5.74, 6) is 0.582. The summed E-state index contributed by atoms with van der Waals surface area (Å²) >= 11 is 0. The van der Waals surface area contributed by atoms with Gasteiger partial charge in [0.15, 0.2) is 0 Å². The van der Waals surface area contributed by atoms with Crippen LogP contribution in [0.25, 0.3) is 0 Å². The maximum absolute atomic E-state index is 12.1. The minimum absolute atomic E-state index is 0.0428. The molecule has 2 aliphatic rings. The SMILES string of the molecule is N[C@H]1C[C@H](C(=O)NCCN2CCC(c3ccccc3)CC2)C[C@@H]1O. The first kappa shape index (κ1) is 17.4. The minimum atomic E-state index is -0.530. The summed E-state index contributed by atoms with van der Waals surface area (Å²) in [5.41, 5.74) is 7.22. The fourth-order valence-corrected chi connectivity index (χ4v) is 3.96. The van der Waals surface area contributed by atoms with Crippen molar-refractivity contribution < 1.29 is 9.90 Å². The monoisotopic (exact) mass is 331 g/mol. The van der Waals surface area contributed by atoms with Gasteiger partial charge >= 0.3 is 0 Å². The molecule has 0 spiro atoms. The Kier molecular flexibility index (Phi) is 5.87. The van der Waals surface area contributed by atoms with Gasteiger partial charge in [-0.1, -0.05) is 30.3 Å². The number of rotatable bonds is 5. The van der Waals surface area contributed by atoms with Gasteiger partial charge in [0.25, 0.3) is 0 Å². The third kappa shape index (κ3) is 4.35. The molecule has 1 saturated heterocycles. The molecule has 24 heavy (non-hydrogen) atoms. The van der Waals surface area contributed by atoms with Crippen molar-refractivity contribution in [3.63, 3.8) is 0 Å². The number of amides is 1. The molecule has 5 heteroatoms. The lowest BCUT2D eigenvalue weighted by atomic mass is 9.89. The van der Waals surface area contributed by atoms with Crippen molar-refractivity contribution in [2.24, 2.45) is 11.7 Å². The van der Waals surface area contributed by atoms with Crippen LogP contribution in [0.3, 0.4) is 0 Å². The van der Waals surface area contributed by atoms with Crippen molar-refractivity contribution >= 4 is 5.91 Å². The quantitative estimate of drug-likeness (QED) is 0.754. The number of aliphatic hydroxyl groups excluding tert-OH is 1. The van der Waals surface area contributed by atoms with Gasteiger partial charge in [0.05, 0.1) is 6.10 Å². The molecule has 1 aliphatic carbocycles. The van der Waals surface area contributed by atoms with Gasteiger partial charge in [0.1, 0.15) is 0 Å². The highest BCUT2D eigenvalue weighted by Gasteiger charge is 2.34. The Balaban J connectivity index is 1.34. The van der Waals surface area contributed by atoms with Crippen LogP contribution in [0.4, 0.5) is 0 Å². The number of aliphatic hydroxyl groups is 1. The van der Waals surface area contributed by atoms with E-state index in [1.165, 1.54) is 18.4 Å². The van der Waals surface area contributed by atoms with Crippen LogP contribution in [0.2, 0.25) is 0 Å². The minimum Gasteiger partial charge on any atom is -0.391 e. The van der Waals surface area contributed by atoms with Crippen LogP contribution in [0.1, 0.15) is 37.2 Å². The molecule has 1 amide bonds. The summed E-state index contributed by atoms with van der Waals surface area (Å²) in [6.07, 6.45) is 2.92. The first-order valence-electron chi connectivity index (χ1n) is 9.12. The van der Waals surface area contributed by atoms with Crippen molar-refractivity contribution in [3.05, 3.63) is 35.9 Å². The van der Waals surface area contributed by atoms with Gasteiger partial charge in [-0.2, -0.15) is 0 Å². The van der Waals surface area contributed by atoms with E-state index in [1.54, 1.807) is 0 Å². The lowest BCUT2D eigenvalue weighted by Crippen LogP contribution is -2.40. The normalized spacial score (nSPS) is 28.8. The number of likely N-dealkylation sites (tertiary alicyclic amines) is 1. The zero-order valence-electron chi connectivity index (χ0n) is 14.2. The Morgan fingerprint density at radius 1 is 1.21 bits per heavy atom. The van der Waals surface area contributed by atoms with Gasteiger partial charge in [-0.3, -0.25) is 4.79 Å². The van der Waals surface area contributed by atoms with Gasteiger partial charge in [-0.05, 0) is 50.3 Å². The van der Waals surface area contributed by atoms with Crippen LogP contribution in [0.5, 0.6) is 0 Å². The van der Waals surface area contributed by atoms with Crippen molar-refractivity contribution in [3.8, 4) is 0 Å². The lowest BCUT2D eigenvalue weighted by molar-refractivity contribution is -0.125. The fourth-order valence-electron chi connectivity index (χ4n) is 3.96. The molecule has 3 rings (SSSR count). The molecule has 1 aromatic carbocycles. The Labute approximate surface area is 144 Å². The number of hydrogen-bond donors (Lipinski definition) is 3. The molecule has 0 aromatic heterocycles. The van der Waals surface area contributed by atoms with E-state index in [2.05, 4.69) is 40.5 Å². The average Bonchev–Trinajstić information content (AvgIpc) is 2.95. The van der Waals surface area contributed by atoms with Crippen molar-refractivity contribution in [1.29, 1.82) is 0 Å². The number of benzene rings is 1. The Hall–Kier alpha value is -1.43. The van der Waals surface area contributed by atoms with Crippen LogP contribution in [-0.4, -0.2) is 54.2 Å². The molecule has 1 saturated carbocycles. The average molecular weight is 331 g/mol. The van der Waals surface area contributed by atoms with Gasteiger partial charge < -0.3 is 21.1 Å². The number of nitrogens with two attached hydrogens (primary N) is 1. The van der Waals surface area contributed by atoms with Gasteiger partial charge in [-0.15, -0.1) is 0 Å². The maximum atomic E-state index is 12.1. The second kappa shape index (κ2) is 8.10. The first-order chi connectivity index (χ1) is 11.6. The number of piperidine rings is 1. The molecule has 5 nitrogen and oxygen atoms in total. The summed E-state index contributed by atoms with van der Waals surface area (Å²) in [7, 11) is 0. The number of nitrogens with one attached hydrogen (secondary N) is 1. The van der Waals surface area contributed by atoms with Crippen molar-refractivity contribution in [1.82, 2.24) is 10.2 Å². The summed E-state index contributed by atoms with van der Waals surface area (Å²) in [6, 6.07) is 10.5. The molecule has 1 aliphatic heterocycles. The highest BCUT2D eigenvalue weighted by molar-refractivity contribution is 5.79. The predicted molar refractivity (Wildman–Crippen MR) is 94.6 cm³/mol. The summed E-state index contributed by atoms with van der Waals surface area (Å²) in [5, 5.41) is 12.7. The van der Waals surface area contributed by atoms with E-state index in [-0.39, 0.29) is 17.9 Å². The molecule has 3 atom stereocenters. The second-order valence-electron chi connectivity index (χ2n) is 7.22. The van der Waals surface area contributed by atoms with E-state index < -0.39 is 6.10 Å². The lowest BCUT2D eigenvalue weighted by Gasteiger charge is -2.32. The van der Waals surface area contributed by atoms with Crippen LogP contribution >= 0.6 is 0 Å². The highest BCUT2D eigenvalue weighted by atomic mass is 16.3. The standard InChI is InChI=1S/C19H29N3O2/c20-17-12-16(13-18(17)23)19(24)21-8-11-22-9-6-15(7-10-22)14-4-2-1-3-5-14/h1-5,15-18,23H,6-13,20H2,(H,21,24)/t16-,17-,18-/m0/s1. The van der Waals surface area contributed by atoms with Crippen molar-refractivity contribution in [2.75, 3.05) is 26.2 Å². The van der Waals surface area contributed by atoms with Crippen LogP contribution in [0.15, 0.2) is 30.3 Å². The number of carbonyl (C=O) groups excluding carboxylic acids is 1. The zero-order chi connectivity index (χ0) is 16.9. The zero-order valence-corrected chi connectivity index (χ0v) is 14.2. The molecule has 0 radical (unpaired) electrons. The van der Waals surface area contributed by atoms with E-state index in [0.29, 0.717) is 25.3 Å². The van der Waals surface area contributed by atoms with Crippen molar-refractivity contribution in [2.45, 2.75) is 43.7 Å². The molecular weight excluding hydrogens is 302 g/mol. The molecule has 0 unspecified atom stereocenters. The summed E-state index contributed by atoms with van der Waals surface area (Å²) in [6.45, 7) is 3.75. The number of hydrogen-bond acceptors (Lipinski definition) is 4. The molecular formula is C19H29N3O2. The topological polar surface area (TPSA) is 78.6 Å². The molecule has 1 aromatic rings. The molecule has 0 bridgehead atoms. The fraction of sp³-hybridized carbons (Fsp3) is 0.632. The Bertz CT molecular complexity index is 519. The molecule has 1 heterocycles.